The number of hydrogen-bond donors (Lipinski definition) is 1. The fourth-order valence-electron chi connectivity index (χ4n) is 2.52. The zero-order valence-corrected chi connectivity index (χ0v) is 20.5. The van der Waals surface area contributed by atoms with Crippen LogP contribution in [0.5, 0.6) is 0 Å². The summed E-state index contributed by atoms with van der Waals surface area (Å²) in [4.78, 5) is 12.0. The Balaban J connectivity index is 2.19. The first-order valence-corrected chi connectivity index (χ1v) is 13.1. The summed E-state index contributed by atoms with van der Waals surface area (Å²) < 4.78 is 13.8. The molecule has 0 aliphatic heterocycles. The zero-order valence-electron chi connectivity index (χ0n) is 18.7. The van der Waals surface area contributed by atoms with E-state index in [0.717, 1.165) is 16.7 Å². The normalized spacial score (nSPS) is 13.0. The smallest absolute Gasteiger partial charge is 0.407 e. The minimum Gasteiger partial charge on any atom is -0.444 e. The molecule has 0 spiro atoms. The lowest BCUT2D eigenvalue weighted by molar-refractivity contribution is 0.0526. The van der Waals surface area contributed by atoms with Gasteiger partial charge in [-0.15, -0.1) is 10.2 Å². The minimum absolute atomic E-state index is 0.116. The molecule has 0 aromatic carbocycles. The van der Waals surface area contributed by atoms with Crippen molar-refractivity contribution in [1.29, 1.82) is 0 Å². The molecule has 0 radical (unpaired) electrons. The van der Waals surface area contributed by atoms with Crippen LogP contribution in [0.25, 0.3) is 11.0 Å². The zero-order chi connectivity index (χ0) is 22.0. The van der Waals surface area contributed by atoms with Crippen molar-refractivity contribution in [1.82, 2.24) is 20.1 Å². The van der Waals surface area contributed by atoms with Gasteiger partial charge in [-0.05, 0) is 45.0 Å². The summed E-state index contributed by atoms with van der Waals surface area (Å²) in [6.45, 7) is 18.0. The summed E-state index contributed by atoms with van der Waals surface area (Å²) in [5.74, 6) is 0. The van der Waals surface area contributed by atoms with E-state index in [9.17, 15) is 4.79 Å². The second-order valence-corrected chi connectivity index (χ2v) is 14.9. The maximum Gasteiger partial charge on any atom is 0.407 e. The van der Waals surface area contributed by atoms with Gasteiger partial charge >= 0.3 is 6.09 Å². The van der Waals surface area contributed by atoms with E-state index in [1.54, 1.807) is 6.07 Å². The lowest BCUT2D eigenvalue weighted by Crippen LogP contribution is -2.40. The quantitative estimate of drug-likeness (QED) is 0.629. The SMILES string of the molecule is CC(C)(C)OC(=O)NCCn1c(CO[Si](C)(C)C(C)(C)C)cc2nnc(Cl)cc21. The third-order valence-electron chi connectivity index (χ3n) is 5.10. The average molecular weight is 441 g/mol. The molecule has 0 saturated heterocycles. The Kier molecular flexibility index (Phi) is 7.02. The Morgan fingerprint density at radius 1 is 1.17 bits per heavy atom. The van der Waals surface area contributed by atoms with Crippen molar-refractivity contribution in [2.75, 3.05) is 6.54 Å². The molecule has 0 unspecified atom stereocenters. The van der Waals surface area contributed by atoms with E-state index in [0.29, 0.717) is 24.8 Å². The van der Waals surface area contributed by atoms with Gasteiger partial charge in [-0.3, -0.25) is 0 Å². The fraction of sp³-hybridized carbons (Fsp3) is 0.650. The monoisotopic (exact) mass is 440 g/mol. The summed E-state index contributed by atoms with van der Waals surface area (Å²) in [6, 6.07) is 3.76. The molecule has 29 heavy (non-hydrogen) atoms. The van der Waals surface area contributed by atoms with E-state index in [4.69, 9.17) is 20.8 Å². The van der Waals surface area contributed by atoms with Gasteiger partial charge in [0.25, 0.3) is 0 Å². The van der Waals surface area contributed by atoms with Crippen LogP contribution in [0.2, 0.25) is 23.3 Å². The number of carbonyl (C=O) groups is 1. The van der Waals surface area contributed by atoms with Crippen molar-refractivity contribution in [3.63, 3.8) is 0 Å². The van der Waals surface area contributed by atoms with Gasteiger partial charge in [-0.2, -0.15) is 0 Å². The number of aromatic nitrogens is 3. The van der Waals surface area contributed by atoms with Crippen LogP contribution in [0, 0.1) is 0 Å². The number of rotatable bonds is 6. The van der Waals surface area contributed by atoms with Crippen molar-refractivity contribution in [3.05, 3.63) is 23.0 Å². The van der Waals surface area contributed by atoms with Crippen LogP contribution >= 0.6 is 11.6 Å². The maximum absolute atomic E-state index is 12.0. The molecule has 9 heteroatoms. The Morgan fingerprint density at radius 2 is 1.83 bits per heavy atom. The van der Waals surface area contributed by atoms with Gasteiger partial charge in [0.2, 0.25) is 0 Å². The van der Waals surface area contributed by atoms with Crippen LogP contribution in [-0.2, 0) is 22.3 Å². The standard InChI is InChI=1S/C20H33ClN4O3Si/c1-19(2,3)28-18(26)22-9-10-25-14(13-27-29(7,8)20(4,5)6)11-15-16(25)12-17(21)24-23-15/h11-12H,9-10,13H2,1-8H3,(H,22,26). The molecule has 1 N–H and O–H groups in total. The summed E-state index contributed by atoms with van der Waals surface area (Å²) in [7, 11) is -1.91. The third kappa shape index (κ3) is 6.42. The van der Waals surface area contributed by atoms with Crippen molar-refractivity contribution in [3.8, 4) is 0 Å². The van der Waals surface area contributed by atoms with E-state index < -0.39 is 20.0 Å². The van der Waals surface area contributed by atoms with E-state index in [1.165, 1.54) is 0 Å². The first kappa shape index (κ1) is 23.6. The Labute approximate surface area is 179 Å². The molecule has 2 aromatic heterocycles. The topological polar surface area (TPSA) is 78.3 Å². The molecule has 0 saturated carbocycles. The second-order valence-electron chi connectivity index (χ2n) is 9.70. The molecule has 0 bridgehead atoms. The molecule has 2 heterocycles. The van der Waals surface area contributed by atoms with Crippen molar-refractivity contribution >= 4 is 37.0 Å². The molecule has 7 nitrogen and oxygen atoms in total. The van der Waals surface area contributed by atoms with E-state index in [-0.39, 0.29) is 5.04 Å². The van der Waals surface area contributed by atoms with Gasteiger partial charge in [0.1, 0.15) is 11.1 Å². The number of hydrogen-bond acceptors (Lipinski definition) is 5. The van der Waals surface area contributed by atoms with Crippen LogP contribution in [-0.4, -0.2) is 41.3 Å². The summed E-state index contributed by atoms with van der Waals surface area (Å²) in [6.07, 6.45) is -0.439. The minimum atomic E-state index is -1.91. The van der Waals surface area contributed by atoms with E-state index >= 15 is 0 Å². The van der Waals surface area contributed by atoms with E-state index in [2.05, 4.69) is 53.9 Å². The average Bonchev–Trinajstić information content (AvgIpc) is 2.87. The van der Waals surface area contributed by atoms with Gasteiger partial charge < -0.3 is 19.0 Å². The number of halogens is 1. The molecular formula is C20H33ClN4O3Si. The first-order valence-electron chi connectivity index (χ1n) is 9.82. The number of alkyl carbamates (subject to hydrolysis) is 1. The van der Waals surface area contributed by atoms with Crippen molar-refractivity contribution in [2.45, 2.75) is 78.4 Å². The number of ether oxygens (including phenoxy) is 1. The largest absolute Gasteiger partial charge is 0.444 e. The molecule has 1 amide bonds. The molecule has 2 aromatic rings. The third-order valence-corrected chi connectivity index (χ3v) is 9.77. The molecule has 0 atom stereocenters. The van der Waals surface area contributed by atoms with Crippen LogP contribution in [0.1, 0.15) is 47.2 Å². The number of nitrogens with one attached hydrogen (secondary N) is 1. The van der Waals surface area contributed by atoms with Gasteiger partial charge in [0, 0.05) is 24.8 Å². The van der Waals surface area contributed by atoms with Gasteiger partial charge in [-0.1, -0.05) is 32.4 Å². The predicted octanol–water partition coefficient (Wildman–Crippen LogP) is 5.13. The molecule has 0 fully saturated rings. The van der Waals surface area contributed by atoms with Gasteiger partial charge in [0.05, 0.1) is 12.1 Å². The lowest BCUT2D eigenvalue weighted by atomic mass is 10.2. The highest BCUT2D eigenvalue weighted by molar-refractivity contribution is 6.74. The number of amides is 1. The fourth-order valence-corrected chi connectivity index (χ4v) is 3.60. The number of carbonyl (C=O) groups excluding carboxylic acids is 1. The molecule has 162 valence electrons. The van der Waals surface area contributed by atoms with Gasteiger partial charge in [0.15, 0.2) is 13.5 Å². The maximum atomic E-state index is 12.0. The molecule has 0 aliphatic carbocycles. The van der Waals surface area contributed by atoms with Crippen LogP contribution < -0.4 is 5.32 Å². The molecule has 0 aliphatic rings. The van der Waals surface area contributed by atoms with Crippen molar-refractivity contribution < 1.29 is 14.0 Å². The van der Waals surface area contributed by atoms with Crippen molar-refractivity contribution in [2.24, 2.45) is 0 Å². The summed E-state index contributed by atoms with van der Waals surface area (Å²) in [5.41, 5.74) is 2.06. The van der Waals surface area contributed by atoms with Crippen LogP contribution in [0.15, 0.2) is 12.1 Å². The number of fused-ring (bicyclic) bond motifs is 1. The second kappa shape index (κ2) is 8.61. The Bertz CT molecular complexity index is 869. The highest BCUT2D eigenvalue weighted by Crippen LogP contribution is 2.37. The predicted molar refractivity (Wildman–Crippen MR) is 119 cm³/mol. The van der Waals surface area contributed by atoms with Gasteiger partial charge in [-0.25, -0.2) is 4.79 Å². The lowest BCUT2D eigenvalue weighted by Gasteiger charge is -2.36. The Morgan fingerprint density at radius 3 is 2.41 bits per heavy atom. The summed E-state index contributed by atoms with van der Waals surface area (Å²) >= 11 is 6.07. The number of nitrogens with zero attached hydrogens (tertiary/aromatic N) is 3. The summed E-state index contributed by atoms with van der Waals surface area (Å²) in [5, 5.41) is 11.4. The van der Waals surface area contributed by atoms with E-state index in [1.807, 2.05) is 26.8 Å². The van der Waals surface area contributed by atoms with Crippen LogP contribution in [0.3, 0.4) is 0 Å². The first-order chi connectivity index (χ1) is 13.2. The van der Waals surface area contributed by atoms with Crippen LogP contribution in [0.4, 0.5) is 4.79 Å². The Hall–Kier alpha value is -1.64. The molecule has 2 rings (SSSR count). The molecular weight excluding hydrogens is 408 g/mol. The highest BCUT2D eigenvalue weighted by atomic mass is 35.5. The highest BCUT2D eigenvalue weighted by Gasteiger charge is 2.37.